The molecule has 0 bridgehead atoms. The van der Waals surface area contributed by atoms with E-state index >= 15 is 0 Å². The van der Waals surface area contributed by atoms with Crippen molar-refractivity contribution in [3.05, 3.63) is 44.4 Å². The number of nitrogens with one attached hydrogen (secondary N) is 1. The summed E-state index contributed by atoms with van der Waals surface area (Å²) in [5.74, 6) is 0.414. The highest BCUT2D eigenvalue weighted by Gasteiger charge is 2.22. The lowest BCUT2D eigenvalue weighted by Crippen LogP contribution is -2.31. The van der Waals surface area contributed by atoms with Gasteiger partial charge in [-0.05, 0) is 18.4 Å². The van der Waals surface area contributed by atoms with Crippen LogP contribution in [0.2, 0.25) is 10.2 Å². The van der Waals surface area contributed by atoms with E-state index in [1.54, 1.807) is 17.4 Å². The Balaban J connectivity index is 1.94. The van der Waals surface area contributed by atoms with Gasteiger partial charge in [0.1, 0.15) is 27.6 Å². The topological polar surface area (TPSA) is 64.1 Å². The van der Waals surface area contributed by atoms with Gasteiger partial charge >= 0.3 is 0 Å². The van der Waals surface area contributed by atoms with Gasteiger partial charge in [-0.15, -0.1) is 11.3 Å². The number of aromatic nitrogens is 1. The van der Waals surface area contributed by atoms with E-state index in [4.69, 9.17) is 33.4 Å². The first-order valence-corrected chi connectivity index (χ1v) is 9.02. The summed E-state index contributed by atoms with van der Waals surface area (Å²) < 4.78 is 19.1. The Labute approximate surface area is 152 Å². The van der Waals surface area contributed by atoms with Crippen molar-refractivity contribution in [1.29, 1.82) is 0 Å². The molecule has 24 heavy (non-hydrogen) atoms. The monoisotopic (exact) mass is 387 g/mol. The van der Waals surface area contributed by atoms with E-state index in [-0.39, 0.29) is 6.42 Å². The fraction of sp³-hybridized carbons (Fsp3) is 0.312. The van der Waals surface area contributed by atoms with Crippen molar-refractivity contribution in [3.63, 3.8) is 0 Å². The van der Waals surface area contributed by atoms with Crippen LogP contribution >= 0.6 is 34.5 Å². The second-order valence-electron chi connectivity index (χ2n) is 5.49. The van der Waals surface area contributed by atoms with E-state index in [1.807, 2.05) is 17.5 Å². The standard InChI is InChI=1S/C16H16Cl2FN3OS/c1-8(19)10(20)5-12-14(18)15-16(23-12)11(6-13(17)22-15)21-7-9-3-2-4-24-9/h2-4,6,8,10H,5,7,20H2,1H3,(H,21,22)/t8-,10+/m0/s1. The Morgan fingerprint density at radius 1 is 1.46 bits per heavy atom. The minimum Gasteiger partial charge on any atom is -0.455 e. The van der Waals surface area contributed by atoms with Crippen LogP contribution in [0.1, 0.15) is 17.6 Å². The van der Waals surface area contributed by atoms with Crippen LogP contribution in [-0.4, -0.2) is 17.2 Å². The van der Waals surface area contributed by atoms with E-state index in [9.17, 15) is 4.39 Å². The number of halogens is 3. The SMILES string of the molecule is C[C@H](F)[C@H](N)Cc1oc2c(NCc3cccs3)cc(Cl)nc2c1Cl. The highest BCUT2D eigenvalue weighted by Crippen LogP contribution is 2.36. The second-order valence-corrected chi connectivity index (χ2v) is 7.29. The van der Waals surface area contributed by atoms with Crippen molar-refractivity contribution in [1.82, 2.24) is 4.98 Å². The third-order valence-corrected chi connectivity index (χ3v) is 5.12. The Morgan fingerprint density at radius 3 is 2.92 bits per heavy atom. The molecule has 8 heteroatoms. The molecule has 0 saturated carbocycles. The van der Waals surface area contributed by atoms with Crippen molar-refractivity contribution in [3.8, 4) is 0 Å². The first kappa shape index (κ1) is 17.5. The first-order chi connectivity index (χ1) is 11.5. The predicted molar refractivity (Wildman–Crippen MR) is 97.9 cm³/mol. The molecule has 3 aromatic heterocycles. The average Bonchev–Trinajstić information content (AvgIpc) is 3.15. The van der Waals surface area contributed by atoms with Gasteiger partial charge < -0.3 is 15.5 Å². The maximum Gasteiger partial charge on any atom is 0.177 e. The van der Waals surface area contributed by atoms with E-state index in [0.717, 1.165) is 0 Å². The van der Waals surface area contributed by atoms with E-state index < -0.39 is 12.2 Å². The minimum atomic E-state index is -1.16. The molecule has 2 atom stereocenters. The van der Waals surface area contributed by atoms with E-state index in [2.05, 4.69) is 10.3 Å². The summed E-state index contributed by atoms with van der Waals surface area (Å²) in [6, 6.07) is 5.00. The molecule has 3 heterocycles. The minimum absolute atomic E-state index is 0.189. The van der Waals surface area contributed by atoms with Crippen molar-refractivity contribution in [2.45, 2.75) is 32.1 Å². The quantitative estimate of drug-likeness (QED) is 0.581. The molecule has 4 nitrogen and oxygen atoms in total. The Morgan fingerprint density at radius 2 is 2.25 bits per heavy atom. The summed E-state index contributed by atoms with van der Waals surface area (Å²) in [6.45, 7) is 2.03. The summed E-state index contributed by atoms with van der Waals surface area (Å²) in [5, 5.41) is 5.90. The second kappa shape index (κ2) is 7.27. The van der Waals surface area contributed by atoms with Gasteiger partial charge in [-0.1, -0.05) is 29.3 Å². The maximum atomic E-state index is 13.3. The summed E-state index contributed by atoms with van der Waals surface area (Å²) >= 11 is 14.1. The van der Waals surface area contributed by atoms with Crippen LogP contribution in [0, 0.1) is 0 Å². The Hall–Kier alpha value is -1.34. The molecule has 3 rings (SSSR count). The number of hydrogen-bond donors (Lipinski definition) is 2. The summed E-state index contributed by atoms with van der Waals surface area (Å²) in [4.78, 5) is 5.39. The molecule has 3 aromatic rings. The molecular formula is C16H16Cl2FN3OS. The number of nitrogens with two attached hydrogens (primary N) is 1. The summed E-state index contributed by atoms with van der Waals surface area (Å²) in [7, 11) is 0. The van der Waals surface area contributed by atoms with Crippen molar-refractivity contribution in [2.24, 2.45) is 5.73 Å². The number of rotatable bonds is 6. The van der Waals surface area contributed by atoms with Crippen LogP contribution in [-0.2, 0) is 13.0 Å². The summed E-state index contributed by atoms with van der Waals surface area (Å²) in [5.41, 5.74) is 7.41. The normalized spacial score (nSPS) is 14.0. The average molecular weight is 388 g/mol. The lowest BCUT2D eigenvalue weighted by molar-refractivity contribution is 0.296. The molecule has 0 saturated heterocycles. The van der Waals surface area contributed by atoms with Gasteiger partial charge in [0.25, 0.3) is 0 Å². The molecule has 0 amide bonds. The molecular weight excluding hydrogens is 372 g/mol. The van der Waals surface area contributed by atoms with Crippen LogP contribution in [0.4, 0.5) is 10.1 Å². The molecule has 0 aromatic carbocycles. The fourth-order valence-electron chi connectivity index (χ4n) is 2.29. The fourth-order valence-corrected chi connectivity index (χ4v) is 3.37. The Bertz CT molecular complexity index is 836. The van der Waals surface area contributed by atoms with Gasteiger partial charge in [-0.25, -0.2) is 9.37 Å². The number of alkyl halides is 1. The molecule has 0 radical (unpaired) electrons. The zero-order chi connectivity index (χ0) is 17.3. The van der Waals surface area contributed by atoms with Crippen molar-refractivity contribution in [2.75, 3.05) is 5.32 Å². The molecule has 0 aliphatic heterocycles. The smallest absolute Gasteiger partial charge is 0.177 e. The van der Waals surface area contributed by atoms with Crippen LogP contribution in [0.15, 0.2) is 28.0 Å². The van der Waals surface area contributed by atoms with Gasteiger partial charge in [-0.3, -0.25) is 0 Å². The first-order valence-electron chi connectivity index (χ1n) is 7.39. The molecule has 128 valence electrons. The highest BCUT2D eigenvalue weighted by molar-refractivity contribution is 7.09. The Kier molecular flexibility index (Phi) is 5.30. The van der Waals surface area contributed by atoms with Crippen molar-refractivity contribution >= 4 is 51.3 Å². The highest BCUT2D eigenvalue weighted by atomic mass is 35.5. The lowest BCUT2D eigenvalue weighted by atomic mass is 10.1. The number of pyridine rings is 1. The van der Waals surface area contributed by atoms with Gasteiger partial charge in [0.05, 0.1) is 5.69 Å². The summed E-state index contributed by atoms with van der Waals surface area (Å²) in [6.07, 6.45) is -0.975. The molecule has 0 aliphatic rings. The molecule has 0 fully saturated rings. The number of hydrogen-bond acceptors (Lipinski definition) is 5. The number of nitrogens with zero attached hydrogens (tertiary/aromatic N) is 1. The van der Waals surface area contributed by atoms with Gasteiger partial charge in [0.2, 0.25) is 0 Å². The molecule has 0 spiro atoms. The van der Waals surface area contributed by atoms with Crippen LogP contribution < -0.4 is 11.1 Å². The number of fused-ring (bicyclic) bond motifs is 1. The van der Waals surface area contributed by atoms with Crippen LogP contribution in [0.25, 0.3) is 11.1 Å². The third kappa shape index (κ3) is 3.67. The van der Waals surface area contributed by atoms with Crippen LogP contribution in [0.5, 0.6) is 0 Å². The maximum absolute atomic E-state index is 13.3. The molecule has 3 N–H and O–H groups in total. The van der Waals surface area contributed by atoms with Gasteiger partial charge in [-0.2, -0.15) is 0 Å². The number of anilines is 1. The zero-order valence-electron chi connectivity index (χ0n) is 12.9. The van der Waals surface area contributed by atoms with E-state index in [1.165, 1.54) is 11.8 Å². The van der Waals surface area contributed by atoms with Gasteiger partial charge in [0, 0.05) is 30.0 Å². The van der Waals surface area contributed by atoms with Gasteiger partial charge in [0.15, 0.2) is 5.58 Å². The van der Waals surface area contributed by atoms with Crippen molar-refractivity contribution < 1.29 is 8.81 Å². The number of thiophene rings is 1. The lowest BCUT2D eigenvalue weighted by Gasteiger charge is -2.10. The molecule has 0 unspecified atom stereocenters. The largest absolute Gasteiger partial charge is 0.455 e. The molecule has 0 aliphatic carbocycles. The van der Waals surface area contributed by atoms with Crippen LogP contribution in [0.3, 0.4) is 0 Å². The number of furan rings is 1. The van der Waals surface area contributed by atoms with E-state index in [0.29, 0.717) is 39.3 Å². The zero-order valence-corrected chi connectivity index (χ0v) is 15.2. The predicted octanol–water partition coefficient (Wildman–Crippen LogP) is 5.04. The third-order valence-electron chi connectivity index (χ3n) is 3.66.